The van der Waals surface area contributed by atoms with Crippen LogP contribution in [0.25, 0.3) is 11.5 Å². The summed E-state index contributed by atoms with van der Waals surface area (Å²) < 4.78 is 1.49. The summed E-state index contributed by atoms with van der Waals surface area (Å²) in [6.07, 6.45) is 5.94. The molecule has 13 heteroatoms. The number of fused-ring (bicyclic) bond motifs is 1. The fourth-order valence-electron chi connectivity index (χ4n) is 2.71. The van der Waals surface area contributed by atoms with E-state index in [2.05, 4.69) is 35.9 Å². The van der Waals surface area contributed by atoms with Crippen molar-refractivity contribution in [3.05, 3.63) is 52.8 Å². The molecular formula is C16H14Cl2N10O. The van der Waals surface area contributed by atoms with E-state index in [9.17, 15) is 4.79 Å². The van der Waals surface area contributed by atoms with Crippen LogP contribution in [-0.2, 0) is 0 Å². The van der Waals surface area contributed by atoms with Gasteiger partial charge in [-0.3, -0.25) is 0 Å². The summed E-state index contributed by atoms with van der Waals surface area (Å²) >= 11 is 12.2. The van der Waals surface area contributed by atoms with Crippen molar-refractivity contribution in [3.8, 4) is 5.82 Å². The smallest absolute Gasteiger partial charge is 0.323 e. The minimum Gasteiger partial charge on any atom is -0.323 e. The first-order chi connectivity index (χ1) is 13.9. The van der Waals surface area contributed by atoms with Crippen LogP contribution in [-0.4, -0.2) is 40.6 Å². The highest BCUT2D eigenvalue weighted by Gasteiger charge is 2.17. The van der Waals surface area contributed by atoms with Crippen molar-refractivity contribution in [2.24, 2.45) is 5.73 Å². The van der Waals surface area contributed by atoms with E-state index in [4.69, 9.17) is 28.9 Å². The molecule has 0 aromatic carbocycles. The molecule has 4 aromatic heterocycles. The molecule has 29 heavy (non-hydrogen) atoms. The molecule has 0 unspecified atom stereocenters. The molecule has 4 N–H and O–H groups in total. The monoisotopic (exact) mass is 432 g/mol. The normalized spacial score (nSPS) is 12.1. The Morgan fingerprint density at radius 2 is 1.90 bits per heavy atom. The van der Waals surface area contributed by atoms with Gasteiger partial charge in [-0.2, -0.15) is 15.3 Å². The fraction of sp³-hybridized carbons (Fsp3) is 0.125. The number of amides is 2. The largest absolute Gasteiger partial charge is 0.323 e. The van der Waals surface area contributed by atoms with E-state index in [1.807, 2.05) is 0 Å². The Kier molecular flexibility index (Phi) is 5.01. The summed E-state index contributed by atoms with van der Waals surface area (Å²) in [6.45, 7) is 1.76. The standard InChI is InChI=1S/C16H14Cl2N10O/c1-8(19)14-11(7-20-13-5-12(18)26-27(13)14)25-16(29)24-9-4-10(17)15(21-6-9)28-22-2-3-23-28/h2-8H,19H2,1H3,(H2,24,25,29)/t8-/m0/s1. The van der Waals surface area contributed by atoms with Crippen LogP contribution in [0.2, 0.25) is 10.2 Å². The Morgan fingerprint density at radius 3 is 2.59 bits per heavy atom. The van der Waals surface area contributed by atoms with Gasteiger partial charge in [0.2, 0.25) is 0 Å². The number of carbonyl (C=O) groups is 1. The summed E-state index contributed by atoms with van der Waals surface area (Å²) in [5.74, 6) is 0.340. The molecule has 1 atom stereocenters. The van der Waals surface area contributed by atoms with Gasteiger partial charge in [0.25, 0.3) is 0 Å². The van der Waals surface area contributed by atoms with Crippen molar-refractivity contribution in [1.29, 1.82) is 0 Å². The average molecular weight is 433 g/mol. The zero-order valence-electron chi connectivity index (χ0n) is 14.9. The SMILES string of the molecule is C[C@H](N)c1c(NC(=O)Nc2cnc(-n3nccn3)c(Cl)c2)cnc2cc(Cl)nn12. The molecule has 0 aliphatic carbocycles. The number of rotatable bonds is 4. The van der Waals surface area contributed by atoms with Gasteiger partial charge in [-0.25, -0.2) is 19.3 Å². The second-order valence-corrected chi connectivity index (χ2v) is 6.80. The average Bonchev–Trinajstić information content (AvgIpc) is 3.30. The second-order valence-electron chi connectivity index (χ2n) is 6.01. The molecule has 148 valence electrons. The van der Waals surface area contributed by atoms with Crippen LogP contribution >= 0.6 is 23.2 Å². The molecule has 0 saturated carbocycles. The van der Waals surface area contributed by atoms with Crippen molar-refractivity contribution in [3.63, 3.8) is 0 Å². The Hall–Kier alpha value is -3.28. The maximum Gasteiger partial charge on any atom is 0.323 e. The van der Waals surface area contributed by atoms with E-state index >= 15 is 0 Å². The summed E-state index contributed by atoms with van der Waals surface area (Å²) in [5.41, 5.74) is 7.89. The van der Waals surface area contributed by atoms with E-state index in [1.54, 1.807) is 13.0 Å². The number of halogens is 2. The Bertz CT molecular complexity index is 1190. The fourth-order valence-corrected chi connectivity index (χ4v) is 3.13. The minimum absolute atomic E-state index is 0.268. The van der Waals surface area contributed by atoms with Crippen LogP contribution in [0, 0.1) is 0 Å². The molecule has 4 aromatic rings. The molecule has 0 aliphatic rings. The number of hydrogen-bond donors (Lipinski definition) is 3. The lowest BCUT2D eigenvalue weighted by Crippen LogP contribution is -2.23. The Morgan fingerprint density at radius 1 is 1.14 bits per heavy atom. The number of hydrogen-bond acceptors (Lipinski definition) is 7. The van der Waals surface area contributed by atoms with E-state index in [-0.39, 0.29) is 10.2 Å². The number of nitrogens with one attached hydrogen (secondary N) is 2. The lowest BCUT2D eigenvalue weighted by atomic mass is 10.2. The molecule has 0 bridgehead atoms. The molecule has 0 radical (unpaired) electrons. The van der Waals surface area contributed by atoms with Gasteiger partial charge in [-0.05, 0) is 13.0 Å². The van der Waals surface area contributed by atoms with Crippen LogP contribution in [0.1, 0.15) is 18.7 Å². The number of nitrogens with two attached hydrogens (primary N) is 1. The van der Waals surface area contributed by atoms with Gasteiger partial charge in [-0.15, -0.1) is 4.80 Å². The second kappa shape index (κ2) is 7.62. The van der Waals surface area contributed by atoms with Crippen molar-refractivity contribution in [2.75, 3.05) is 10.6 Å². The van der Waals surface area contributed by atoms with Gasteiger partial charge in [0.1, 0.15) is 0 Å². The minimum atomic E-state index is -0.533. The summed E-state index contributed by atoms with van der Waals surface area (Å²) in [7, 11) is 0. The topological polar surface area (TPSA) is 141 Å². The van der Waals surface area contributed by atoms with E-state index < -0.39 is 12.1 Å². The molecule has 0 fully saturated rings. The lowest BCUT2D eigenvalue weighted by Gasteiger charge is -2.15. The third-order valence-corrected chi connectivity index (χ3v) is 4.32. The maximum absolute atomic E-state index is 12.5. The first-order valence-electron chi connectivity index (χ1n) is 8.32. The number of anilines is 2. The lowest BCUT2D eigenvalue weighted by molar-refractivity contribution is 0.262. The van der Waals surface area contributed by atoms with Gasteiger partial charge in [-0.1, -0.05) is 23.2 Å². The van der Waals surface area contributed by atoms with Crippen LogP contribution in [0.3, 0.4) is 0 Å². The van der Waals surface area contributed by atoms with Crippen LogP contribution in [0.15, 0.2) is 36.9 Å². The Balaban J connectivity index is 1.56. The van der Waals surface area contributed by atoms with Crippen molar-refractivity contribution in [1.82, 2.24) is 34.6 Å². The highest BCUT2D eigenvalue weighted by atomic mass is 35.5. The maximum atomic E-state index is 12.5. The first-order valence-corrected chi connectivity index (χ1v) is 9.08. The predicted octanol–water partition coefficient (Wildman–Crippen LogP) is 2.68. The highest BCUT2D eigenvalue weighted by Crippen LogP contribution is 2.24. The molecule has 2 amide bonds. The van der Waals surface area contributed by atoms with E-state index in [0.717, 1.165) is 0 Å². The molecule has 0 aliphatic heterocycles. The van der Waals surface area contributed by atoms with Crippen LogP contribution in [0.5, 0.6) is 0 Å². The summed E-state index contributed by atoms with van der Waals surface area (Å²) in [5, 5.41) is 18.0. The molecule has 11 nitrogen and oxygen atoms in total. The number of carbonyl (C=O) groups excluding carboxylic acids is 1. The molecular weight excluding hydrogens is 419 g/mol. The van der Waals surface area contributed by atoms with Crippen molar-refractivity contribution < 1.29 is 4.79 Å². The molecule has 4 heterocycles. The van der Waals surface area contributed by atoms with Gasteiger partial charge >= 0.3 is 6.03 Å². The number of pyridine rings is 1. The summed E-state index contributed by atoms with van der Waals surface area (Å²) in [4.78, 5) is 22.2. The third-order valence-electron chi connectivity index (χ3n) is 3.86. The van der Waals surface area contributed by atoms with Crippen molar-refractivity contribution in [2.45, 2.75) is 13.0 Å². The molecule has 0 spiro atoms. The van der Waals surface area contributed by atoms with E-state index in [1.165, 1.54) is 40.2 Å². The number of nitrogens with zero attached hydrogens (tertiary/aromatic N) is 7. The van der Waals surface area contributed by atoms with Crippen LogP contribution in [0.4, 0.5) is 16.2 Å². The van der Waals surface area contributed by atoms with Gasteiger partial charge in [0, 0.05) is 12.1 Å². The Labute approximate surface area is 173 Å². The molecule has 4 rings (SSSR count). The molecule has 0 saturated heterocycles. The zero-order valence-corrected chi connectivity index (χ0v) is 16.4. The van der Waals surface area contributed by atoms with E-state index in [0.29, 0.717) is 28.5 Å². The quantitative estimate of drug-likeness (QED) is 0.449. The van der Waals surface area contributed by atoms with Crippen LogP contribution < -0.4 is 16.4 Å². The zero-order chi connectivity index (χ0) is 20.5. The van der Waals surface area contributed by atoms with Gasteiger partial charge in [0.15, 0.2) is 16.6 Å². The van der Waals surface area contributed by atoms with Gasteiger partial charge < -0.3 is 16.4 Å². The van der Waals surface area contributed by atoms with Crippen molar-refractivity contribution >= 4 is 46.3 Å². The summed E-state index contributed by atoms with van der Waals surface area (Å²) in [6, 6.07) is 2.16. The predicted molar refractivity (Wildman–Crippen MR) is 107 cm³/mol. The highest BCUT2D eigenvalue weighted by molar-refractivity contribution is 6.32. The number of aromatic nitrogens is 7. The first kappa shape index (κ1) is 19.1. The van der Waals surface area contributed by atoms with Gasteiger partial charge in [0.05, 0.1) is 46.9 Å². The third kappa shape index (κ3) is 3.83. The number of urea groups is 1.